The van der Waals surface area contributed by atoms with Crippen LogP contribution in [-0.2, 0) is 0 Å². The monoisotopic (exact) mass is 345 g/mol. The maximum Gasteiger partial charge on any atom is 0.252 e. The Kier molecular flexibility index (Phi) is 4.13. The zero-order valence-corrected chi connectivity index (χ0v) is 14.7. The van der Waals surface area contributed by atoms with Crippen LogP contribution in [0.5, 0.6) is 5.75 Å². The first-order chi connectivity index (χ1) is 12.6. The van der Waals surface area contributed by atoms with Crippen molar-refractivity contribution < 1.29 is 9.53 Å². The summed E-state index contributed by atoms with van der Waals surface area (Å²) in [5, 5.41) is 3.10. The SMILES string of the molecule is Cc1ccc2c(c1C)OCC2NC(=O)c1ccccc1-c1cncnc1. The highest BCUT2D eigenvalue weighted by molar-refractivity contribution is 6.01. The molecule has 5 heteroatoms. The third-order valence-corrected chi connectivity index (χ3v) is 4.83. The maximum absolute atomic E-state index is 12.9. The summed E-state index contributed by atoms with van der Waals surface area (Å²) in [6.07, 6.45) is 4.89. The van der Waals surface area contributed by atoms with Crippen LogP contribution in [0.2, 0.25) is 0 Å². The topological polar surface area (TPSA) is 64.1 Å². The summed E-state index contributed by atoms with van der Waals surface area (Å²) in [5.41, 5.74) is 5.56. The summed E-state index contributed by atoms with van der Waals surface area (Å²) in [7, 11) is 0. The van der Waals surface area contributed by atoms with E-state index in [9.17, 15) is 4.79 Å². The second-order valence-electron chi connectivity index (χ2n) is 6.44. The second kappa shape index (κ2) is 6.59. The van der Waals surface area contributed by atoms with E-state index in [0.29, 0.717) is 12.2 Å². The number of aryl methyl sites for hydroxylation is 1. The standard InChI is InChI=1S/C21H19N3O2/c1-13-7-8-18-19(11-26-20(18)14(13)2)24-21(25)17-6-4-3-5-16(17)15-9-22-12-23-10-15/h3-10,12,19H,11H2,1-2H3,(H,24,25). The number of benzene rings is 2. The number of rotatable bonds is 3. The number of hydrogen-bond donors (Lipinski definition) is 1. The van der Waals surface area contributed by atoms with Gasteiger partial charge in [-0.25, -0.2) is 9.97 Å². The summed E-state index contributed by atoms with van der Waals surface area (Å²) in [6.45, 7) is 4.55. The van der Waals surface area contributed by atoms with Crippen LogP contribution >= 0.6 is 0 Å². The van der Waals surface area contributed by atoms with Crippen molar-refractivity contribution in [1.29, 1.82) is 0 Å². The van der Waals surface area contributed by atoms with Crippen LogP contribution < -0.4 is 10.1 Å². The number of carbonyl (C=O) groups excluding carboxylic acids is 1. The molecule has 1 N–H and O–H groups in total. The van der Waals surface area contributed by atoms with E-state index in [1.54, 1.807) is 12.4 Å². The molecule has 0 saturated heterocycles. The van der Waals surface area contributed by atoms with Gasteiger partial charge in [0.25, 0.3) is 5.91 Å². The van der Waals surface area contributed by atoms with Gasteiger partial charge in [-0.1, -0.05) is 30.3 Å². The third-order valence-electron chi connectivity index (χ3n) is 4.83. The highest BCUT2D eigenvalue weighted by atomic mass is 16.5. The molecule has 0 bridgehead atoms. The molecule has 0 saturated carbocycles. The van der Waals surface area contributed by atoms with Gasteiger partial charge in [0, 0.05) is 29.1 Å². The number of fused-ring (bicyclic) bond motifs is 1. The molecule has 1 aromatic heterocycles. The van der Waals surface area contributed by atoms with Crippen molar-refractivity contribution in [2.45, 2.75) is 19.9 Å². The second-order valence-corrected chi connectivity index (χ2v) is 6.44. The van der Waals surface area contributed by atoms with E-state index < -0.39 is 0 Å². The van der Waals surface area contributed by atoms with Crippen LogP contribution in [0.15, 0.2) is 55.1 Å². The summed E-state index contributed by atoms with van der Waals surface area (Å²) in [6, 6.07) is 11.4. The fourth-order valence-electron chi connectivity index (χ4n) is 3.26. The number of nitrogens with zero attached hydrogens (tertiary/aromatic N) is 2. The number of carbonyl (C=O) groups is 1. The van der Waals surface area contributed by atoms with Gasteiger partial charge in [-0.3, -0.25) is 4.79 Å². The highest BCUT2D eigenvalue weighted by Gasteiger charge is 2.28. The molecule has 1 aliphatic rings. The Morgan fingerprint density at radius 3 is 2.69 bits per heavy atom. The van der Waals surface area contributed by atoms with Crippen LogP contribution in [0.4, 0.5) is 0 Å². The Bertz CT molecular complexity index is 970. The molecule has 2 aromatic carbocycles. The molecule has 1 unspecified atom stereocenters. The van der Waals surface area contributed by atoms with Crippen molar-refractivity contribution >= 4 is 5.91 Å². The molecule has 0 fully saturated rings. The lowest BCUT2D eigenvalue weighted by Crippen LogP contribution is -2.29. The van der Waals surface area contributed by atoms with Gasteiger partial charge in [0.1, 0.15) is 18.7 Å². The van der Waals surface area contributed by atoms with Crippen molar-refractivity contribution in [2.75, 3.05) is 6.61 Å². The van der Waals surface area contributed by atoms with Crippen LogP contribution in [0.3, 0.4) is 0 Å². The first-order valence-corrected chi connectivity index (χ1v) is 8.53. The fraction of sp³-hybridized carbons (Fsp3) is 0.190. The van der Waals surface area contributed by atoms with Gasteiger partial charge in [-0.2, -0.15) is 0 Å². The number of amides is 1. The molecule has 0 aliphatic carbocycles. The summed E-state index contributed by atoms with van der Waals surface area (Å²) >= 11 is 0. The molecule has 130 valence electrons. The van der Waals surface area contributed by atoms with Crippen LogP contribution in [-0.4, -0.2) is 22.5 Å². The van der Waals surface area contributed by atoms with Gasteiger partial charge >= 0.3 is 0 Å². The zero-order valence-electron chi connectivity index (χ0n) is 14.7. The van der Waals surface area contributed by atoms with E-state index in [1.807, 2.05) is 37.3 Å². The van der Waals surface area contributed by atoms with E-state index in [-0.39, 0.29) is 11.9 Å². The quantitative estimate of drug-likeness (QED) is 0.787. The minimum absolute atomic E-state index is 0.135. The Morgan fingerprint density at radius 2 is 1.88 bits per heavy atom. The lowest BCUT2D eigenvalue weighted by atomic mass is 9.99. The molecule has 4 rings (SSSR count). The maximum atomic E-state index is 12.9. The predicted molar refractivity (Wildman–Crippen MR) is 99.1 cm³/mol. The third kappa shape index (κ3) is 2.81. The first-order valence-electron chi connectivity index (χ1n) is 8.53. The van der Waals surface area contributed by atoms with Crippen molar-refractivity contribution in [3.05, 3.63) is 77.4 Å². The van der Waals surface area contributed by atoms with Crippen molar-refractivity contribution in [3.8, 4) is 16.9 Å². The summed E-state index contributed by atoms with van der Waals surface area (Å²) in [5.74, 6) is 0.754. The van der Waals surface area contributed by atoms with Gasteiger partial charge in [0.05, 0.1) is 6.04 Å². The van der Waals surface area contributed by atoms with E-state index in [2.05, 4.69) is 28.3 Å². The zero-order chi connectivity index (χ0) is 18.1. The van der Waals surface area contributed by atoms with Gasteiger partial charge < -0.3 is 10.1 Å². The van der Waals surface area contributed by atoms with Crippen molar-refractivity contribution in [1.82, 2.24) is 15.3 Å². The van der Waals surface area contributed by atoms with Gasteiger partial charge in [-0.05, 0) is 36.6 Å². The lowest BCUT2D eigenvalue weighted by molar-refractivity contribution is 0.0931. The Morgan fingerprint density at radius 1 is 1.12 bits per heavy atom. The molecule has 2 heterocycles. The average Bonchev–Trinajstić information content (AvgIpc) is 3.09. The van der Waals surface area contributed by atoms with Gasteiger partial charge in [-0.15, -0.1) is 0 Å². The van der Waals surface area contributed by atoms with Gasteiger partial charge in [0.2, 0.25) is 0 Å². The number of nitrogens with one attached hydrogen (secondary N) is 1. The largest absolute Gasteiger partial charge is 0.490 e. The minimum Gasteiger partial charge on any atom is -0.490 e. The van der Waals surface area contributed by atoms with Crippen LogP contribution in [0, 0.1) is 13.8 Å². The Hall–Kier alpha value is -3.21. The molecule has 1 aliphatic heterocycles. The Balaban J connectivity index is 1.63. The molecular formula is C21H19N3O2. The Labute approximate surface area is 152 Å². The van der Waals surface area contributed by atoms with Crippen LogP contribution in [0.25, 0.3) is 11.1 Å². The normalized spacial score (nSPS) is 15.2. The van der Waals surface area contributed by atoms with E-state index >= 15 is 0 Å². The average molecular weight is 345 g/mol. The molecule has 26 heavy (non-hydrogen) atoms. The fourth-order valence-corrected chi connectivity index (χ4v) is 3.26. The minimum atomic E-state index is -0.156. The van der Waals surface area contributed by atoms with Crippen molar-refractivity contribution in [2.24, 2.45) is 0 Å². The predicted octanol–water partition coefficient (Wildman–Crippen LogP) is 3.62. The molecule has 0 spiro atoms. The molecule has 5 nitrogen and oxygen atoms in total. The van der Waals surface area contributed by atoms with E-state index in [4.69, 9.17) is 4.74 Å². The molecular weight excluding hydrogens is 326 g/mol. The first kappa shape index (κ1) is 16.3. The van der Waals surface area contributed by atoms with E-state index in [1.165, 1.54) is 11.9 Å². The van der Waals surface area contributed by atoms with E-state index in [0.717, 1.165) is 28.0 Å². The molecule has 3 aromatic rings. The highest BCUT2D eigenvalue weighted by Crippen LogP contribution is 2.37. The van der Waals surface area contributed by atoms with Gasteiger partial charge in [0.15, 0.2) is 0 Å². The molecule has 1 amide bonds. The lowest BCUT2D eigenvalue weighted by Gasteiger charge is -2.14. The number of aromatic nitrogens is 2. The summed E-state index contributed by atoms with van der Waals surface area (Å²) in [4.78, 5) is 21.0. The molecule has 0 radical (unpaired) electrons. The number of hydrogen-bond acceptors (Lipinski definition) is 4. The summed E-state index contributed by atoms with van der Waals surface area (Å²) < 4.78 is 5.84. The number of ether oxygens (including phenoxy) is 1. The smallest absolute Gasteiger partial charge is 0.252 e. The van der Waals surface area contributed by atoms with Crippen LogP contribution in [0.1, 0.15) is 33.1 Å². The van der Waals surface area contributed by atoms with Crippen molar-refractivity contribution in [3.63, 3.8) is 0 Å². The molecule has 1 atom stereocenters.